The van der Waals surface area contributed by atoms with Gasteiger partial charge in [0.15, 0.2) is 0 Å². The molecule has 1 aromatic heterocycles. The third kappa shape index (κ3) is 3.82. The predicted octanol–water partition coefficient (Wildman–Crippen LogP) is 3.67. The number of urea groups is 1. The number of amides is 2. The molecule has 0 unspecified atom stereocenters. The standard InChI is InChI=1S/C16H21N3OS/c1-4-19(5-2)16(20)17-11-14-12(3)18-15(21-14)13-9-7-6-8-10-13/h6-10H,4-5,11H2,1-3H3,(H,17,20). The van der Waals surface area contributed by atoms with E-state index >= 15 is 0 Å². The number of nitrogens with zero attached hydrogens (tertiary/aromatic N) is 2. The van der Waals surface area contributed by atoms with Gasteiger partial charge >= 0.3 is 6.03 Å². The molecule has 0 saturated carbocycles. The Morgan fingerprint density at radius 2 is 1.90 bits per heavy atom. The van der Waals surface area contributed by atoms with Gasteiger partial charge in [-0.3, -0.25) is 0 Å². The van der Waals surface area contributed by atoms with Crippen molar-refractivity contribution >= 4 is 17.4 Å². The minimum atomic E-state index is -0.0194. The minimum absolute atomic E-state index is 0.0194. The highest BCUT2D eigenvalue weighted by Gasteiger charge is 2.12. The van der Waals surface area contributed by atoms with Crippen LogP contribution in [0.1, 0.15) is 24.4 Å². The summed E-state index contributed by atoms with van der Waals surface area (Å²) in [6.45, 7) is 7.93. The van der Waals surface area contributed by atoms with Crippen LogP contribution in [0.4, 0.5) is 4.79 Å². The molecule has 0 aliphatic carbocycles. The molecule has 4 nitrogen and oxygen atoms in total. The van der Waals surface area contributed by atoms with Crippen LogP contribution in [0.5, 0.6) is 0 Å². The second kappa shape index (κ2) is 7.22. The summed E-state index contributed by atoms with van der Waals surface area (Å²) in [5, 5.41) is 3.96. The molecule has 2 amide bonds. The van der Waals surface area contributed by atoms with Crippen LogP contribution in [-0.4, -0.2) is 29.0 Å². The normalized spacial score (nSPS) is 10.4. The number of hydrogen-bond donors (Lipinski definition) is 1. The Balaban J connectivity index is 2.05. The summed E-state index contributed by atoms with van der Waals surface area (Å²) >= 11 is 1.64. The van der Waals surface area contributed by atoms with Gasteiger partial charge in [0.25, 0.3) is 0 Å². The van der Waals surface area contributed by atoms with Crippen LogP contribution < -0.4 is 5.32 Å². The first kappa shape index (κ1) is 15.5. The summed E-state index contributed by atoms with van der Waals surface area (Å²) in [6.07, 6.45) is 0. The number of hydrogen-bond acceptors (Lipinski definition) is 3. The third-order valence-corrected chi connectivity index (χ3v) is 4.57. The van der Waals surface area contributed by atoms with Crippen molar-refractivity contribution in [1.82, 2.24) is 15.2 Å². The molecule has 1 N–H and O–H groups in total. The lowest BCUT2D eigenvalue weighted by molar-refractivity contribution is 0.203. The fourth-order valence-corrected chi connectivity index (χ4v) is 3.08. The number of benzene rings is 1. The lowest BCUT2D eigenvalue weighted by Crippen LogP contribution is -2.39. The van der Waals surface area contributed by atoms with E-state index in [0.717, 1.165) is 34.2 Å². The quantitative estimate of drug-likeness (QED) is 0.916. The van der Waals surface area contributed by atoms with Crippen LogP contribution in [0, 0.1) is 6.92 Å². The van der Waals surface area contributed by atoms with Gasteiger partial charge in [-0.1, -0.05) is 30.3 Å². The largest absolute Gasteiger partial charge is 0.333 e. The lowest BCUT2D eigenvalue weighted by Gasteiger charge is -2.18. The zero-order chi connectivity index (χ0) is 15.2. The molecular weight excluding hydrogens is 282 g/mol. The van der Waals surface area contributed by atoms with Crippen molar-refractivity contribution in [3.05, 3.63) is 40.9 Å². The first-order valence-corrected chi connectivity index (χ1v) is 8.01. The fourth-order valence-electron chi connectivity index (χ4n) is 2.07. The monoisotopic (exact) mass is 303 g/mol. The second-order valence-corrected chi connectivity index (χ2v) is 5.81. The number of aryl methyl sites for hydroxylation is 1. The Bertz CT molecular complexity index is 591. The van der Waals surface area contributed by atoms with Crippen molar-refractivity contribution < 1.29 is 4.79 Å². The van der Waals surface area contributed by atoms with E-state index in [9.17, 15) is 4.79 Å². The van der Waals surface area contributed by atoms with Crippen LogP contribution in [0.3, 0.4) is 0 Å². The van der Waals surface area contributed by atoms with E-state index in [4.69, 9.17) is 0 Å². The molecule has 0 aliphatic rings. The second-order valence-electron chi connectivity index (χ2n) is 4.72. The van der Waals surface area contributed by atoms with Gasteiger partial charge in [0.05, 0.1) is 12.2 Å². The summed E-state index contributed by atoms with van der Waals surface area (Å²) in [5.41, 5.74) is 2.10. The Morgan fingerprint density at radius 3 is 2.52 bits per heavy atom. The lowest BCUT2D eigenvalue weighted by atomic mass is 10.2. The third-order valence-electron chi connectivity index (χ3n) is 3.36. The van der Waals surface area contributed by atoms with Crippen molar-refractivity contribution in [2.75, 3.05) is 13.1 Å². The SMILES string of the molecule is CCN(CC)C(=O)NCc1sc(-c2ccccc2)nc1C. The molecule has 0 radical (unpaired) electrons. The number of rotatable bonds is 5. The molecule has 1 aromatic carbocycles. The Kier molecular flexibility index (Phi) is 5.33. The number of nitrogens with one attached hydrogen (secondary N) is 1. The maximum atomic E-state index is 12.0. The van der Waals surface area contributed by atoms with Gasteiger partial charge in [-0.15, -0.1) is 11.3 Å². The van der Waals surface area contributed by atoms with Crippen molar-refractivity contribution in [2.24, 2.45) is 0 Å². The topological polar surface area (TPSA) is 45.2 Å². The highest BCUT2D eigenvalue weighted by atomic mass is 32.1. The highest BCUT2D eigenvalue weighted by Crippen LogP contribution is 2.27. The summed E-state index contributed by atoms with van der Waals surface area (Å²) in [7, 11) is 0. The molecule has 1 heterocycles. The van der Waals surface area contributed by atoms with Crippen molar-refractivity contribution in [3.8, 4) is 10.6 Å². The van der Waals surface area contributed by atoms with Gasteiger partial charge in [0.1, 0.15) is 5.01 Å². The van der Waals surface area contributed by atoms with E-state index in [1.165, 1.54) is 0 Å². The number of thiazole rings is 1. The molecule has 0 atom stereocenters. The summed E-state index contributed by atoms with van der Waals surface area (Å²) in [4.78, 5) is 19.4. The fraction of sp³-hybridized carbons (Fsp3) is 0.375. The van der Waals surface area contributed by atoms with E-state index in [2.05, 4.69) is 22.4 Å². The van der Waals surface area contributed by atoms with Gasteiger partial charge in [-0.2, -0.15) is 0 Å². The molecule has 0 fully saturated rings. The average Bonchev–Trinajstić information content (AvgIpc) is 2.88. The Hall–Kier alpha value is -1.88. The van der Waals surface area contributed by atoms with Gasteiger partial charge < -0.3 is 10.2 Å². The van der Waals surface area contributed by atoms with Crippen LogP contribution in [-0.2, 0) is 6.54 Å². The number of aromatic nitrogens is 1. The smallest absolute Gasteiger partial charge is 0.317 e. The summed E-state index contributed by atoms with van der Waals surface area (Å²) < 4.78 is 0. The first-order chi connectivity index (χ1) is 10.2. The summed E-state index contributed by atoms with van der Waals surface area (Å²) in [5.74, 6) is 0. The van der Waals surface area contributed by atoms with Crippen LogP contribution in [0.2, 0.25) is 0 Å². The van der Waals surface area contributed by atoms with Crippen LogP contribution >= 0.6 is 11.3 Å². The van der Waals surface area contributed by atoms with Gasteiger partial charge in [0, 0.05) is 23.5 Å². The first-order valence-electron chi connectivity index (χ1n) is 7.20. The Labute approximate surface area is 129 Å². The minimum Gasteiger partial charge on any atom is -0.333 e. The Morgan fingerprint density at radius 1 is 1.24 bits per heavy atom. The van der Waals surface area contributed by atoms with E-state index < -0.39 is 0 Å². The predicted molar refractivity (Wildman–Crippen MR) is 87.4 cm³/mol. The van der Waals surface area contributed by atoms with E-state index in [-0.39, 0.29) is 6.03 Å². The highest BCUT2D eigenvalue weighted by molar-refractivity contribution is 7.15. The van der Waals surface area contributed by atoms with E-state index in [1.54, 1.807) is 16.2 Å². The molecule has 0 aliphatic heterocycles. The molecule has 0 saturated heterocycles. The zero-order valence-corrected chi connectivity index (χ0v) is 13.5. The molecule has 21 heavy (non-hydrogen) atoms. The number of carbonyl (C=O) groups is 1. The van der Waals surface area contributed by atoms with Crippen LogP contribution in [0.15, 0.2) is 30.3 Å². The van der Waals surface area contributed by atoms with Crippen molar-refractivity contribution in [2.45, 2.75) is 27.3 Å². The van der Waals surface area contributed by atoms with Crippen molar-refractivity contribution in [1.29, 1.82) is 0 Å². The molecule has 2 aromatic rings. The zero-order valence-electron chi connectivity index (χ0n) is 12.7. The van der Waals surface area contributed by atoms with Gasteiger partial charge in [-0.25, -0.2) is 9.78 Å². The molecule has 0 spiro atoms. The van der Waals surface area contributed by atoms with Crippen molar-refractivity contribution in [3.63, 3.8) is 0 Å². The maximum absolute atomic E-state index is 12.0. The average molecular weight is 303 g/mol. The van der Waals surface area contributed by atoms with Gasteiger partial charge in [-0.05, 0) is 20.8 Å². The molecular formula is C16H21N3OS. The molecule has 0 bridgehead atoms. The van der Waals surface area contributed by atoms with Gasteiger partial charge in [0.2, 0.25) is 0 Å². The molecule has 5 heteroatoms. The van der Waals surface area contributed by atoms with E-state index in [0.29, 0.717) is 6.54 Å². The van der Waals surface area contributed by atoms with Crippen LogP contribution in [0.25, 0.3) is 10.6 Å². The molecule has 112 valence electrons. The number of carbonyl (C=O) groups excluding carboxylic acids is 1. The summed E-state index contributed by atoms with van der Waals surface area (Å²) in [6, 6.07) is 10.1. The van der Waals surface area contributed by atoms with E-state index in [1.807, 2.05) is 39.0 Å². The molecule has 2 rings (SSSR count). The maximum Gasteiger partial charge on any atom is 0.317 e.